The molecule has 17 heavy (non-hydrogen) atoms. The van der Waals surface area contributed by atoms with Crippen molar-refractivity contribution in [3.63, 3.8) is 0 Å². The van der Waals surface area contributed by atoms with Gasteiger partial charge in [-0.15, -0.1) is 11.6 Å². The minimum atomic E-state index is 0.124. The lowest BCUT2D eigenvalue weighted by atomic mass is 9.99. The molecular weight excluding hydrogens is 349 g/mol. The highest BCUT2D eigenvalue weighted by Crippen LogP contribution is 2.23. The lowest BCUT2D eigenvalue weighted by molar-refractivity contribution is 0.0687. The summed E-state index contributed by atoms with van der Waals surface area (Å²) < 4.78 is 1.09. The maximum absolute atomic E-state index is 12.3. The van der Waals surface area contributed by atoms with Gasteiger partial charge in [-0.1, -0.05) is 13.0 Å². The molecular formula is C13H15ClINO. The molecule has 2 unspecified atom stereocenters. The van der Waals surface area contributed by atoms with Gasteiger partial charge in [-0.2, -0.15) is 0 Å². The summed E-state index contributed by atoms with van der Waals surface area (Å²) in [4.78, 5) is 14.2. The molecule has 92 valence electrons. The first kappa shape index (κ1) is 13.1. The minimum absolute atomic E-state index is 0.124. The molecule has 1 aromatic carbocycles. The number of benzene rings is 1. The largest absolute Gasteiger partial charge is 0.338 e. The molecule has 1 heterocycles. The molecule has 1 amide bonds. The topological polar surface area (TPSA) is 20.3 Å². The second kappa shape index (κ2) is 5.57. The molecule has 1 aromatic rings. The van der Waals surface area contributed by atoms with Crippen LogP contribution in [0.5, 0.6) is 0 Å². The maximum Gasteiger partial charge on any atom is 0.253 e. The third kappa shape index (κ3) is 3.13. The van der Waals surface area contributed by atoms with E-state index in [1.54, 1.807) is 0 Å². The second-order valence-corrected chi connectivity index (χ2v) is 6.35. The zero-order chi connectivity index (χ0) is 12.4. The van der Waals surface area contributed by atoms with E-state index < -0.39 is 0 Å². The van der Waals surface area contributed by atoms with Crippen LogP contribution in [0.1, 0.15) is 23.7 Å². The number of amides is 1. The Morgan fingerprint density at radius 2 is 2.29 bits per heavy atom. The lowest BCUT2D eigenvalue weighted by Crippen LogP contribution is -2.43. The Morgan fingerprint density at radius 3 is 2.94 bits per heavy atom. The summed E-state index contributed by atoms with van der Waals surface area (Å²) >= 11 is 8.39. The Bertz CT molecular complexity index is 424. The summed E-state index contributed by atoms with van der Waals surface area (Å²) in [6, 6.07) is 7.72. The van der Waals surface area contributed by atoms with Gasteiger partial charge in [0.15, 0.2) is 0 Å². The van der Waals surface area contributed by atoms with Crippen LogP contribution in [-0.2, 0) is 0 Å². The van der Waals surface area contributed by atoms with E-state index in [2.05, 4.69) is 29.5 Å². The third-order valence-corrected chi connectivity index (χ3v) is 4.48. The molecule has 0 spiro atoms. The van der Waals surface area contributed by atoms with Gasteiger partial charge in [-0.25, -0.2) is 0 Å². The average molecular weight is 364 g/mol. The number of carbonyl (C=O) groups excluding carboxylic acids is 1. The van der Waals surface area contributed by atoms with E-state index >= 15 is 0 Å². The molecule has 0 N–H and O–H groups in total. The number of alkyl halides is 1. The van der Waals surface area contributed by atoms with Crippen LogP contribution in [0.3, 0.4) is 0 Å². The van der Waals surface area contributed by atoms with Crippen LogP contribution in [-0.4, -0.2) is 29.3 Å². The molecule has 0 bridgehead atoms. The van der Waals surface area contributed by atoms with Crippen LogP contribution < -0.4 is 0 Å². The lowest BCUT2D eigenvalue weighted by Gasteiger charge is -2.34. The van der Waals surface area contributed by atoms with E-state index in [4.69, 9.17) is 11.6 Å². The van der Waals surface area contributed by atoms with Gasteiger partial charge in [0.2, 0.25) is 0 Å². The average Bonchev–Trinajstić information content (AvgIpc) is 2.32. The quantitative estimate of drug-likeness (QED) is 0.553. The van der Waals surface area contributed by atoms with E-state index in [9.17, 15) is 4.79 Å². The van der Waals surface area contributed by atoms with E-state index in [1.807, 2.05) is 29.2 Å². The number of hydrogen-bond donors (Lipinski definition) is 0. The van der Waals surface area contributed by atoms with Gasteiger partial charge in [0, 0.05) is 27.6 Å². The number of piperidine rings is 1. The van der Waals surface area contributed by atoms with Crippen LogP contribution in [0.4, 0.5) is 0 Å². The summed E-state index contributed by atoms with van der Waals surface area (Å²) in [5, 5.41) is 0.204. The van der Waals surface area contributed by atoms with E-state index in [0.717, 1.165) is 28.6 Å². The van der Waals surface area contributed by atoms with Crippen molar-refractivity contribution in [2.24, 2.45) is 5.92 Å². The number of likely N-dealkylation sites (tertiary alicyclic amines) is 1. The highest BCUT2D eigenvalue weighted by atomic mass is 127. The van der Waals surface area contributed by atoms with Gasteiger partial charge in [0.1, 0.15) is 0 Å². The van der Waals surface area contributed by atoms with Crippen LogP contribution in [0.25, 0.3) is 0 Å². The van der Waals surface area contributed by atoms with Crippen molar-refractivity contribution in [3.05, 3.63) is 33.4 Å². The first-order chi connectivity index (χ1) is 8.08. The van der Waals surface area contributed by atoms with Gasteiger partial charge < -0.3 is 4.90 Å². The SMILES string of the molecule is CC1CN(C(=O)c2cccc(I)c2)CCC1Cl. The summed E-state index contributed by atoms with van der Waals surface area (Å²) in [6.45, 7) is 3.63. The van der Waals surface area contributed by atoms with E-state index in [-0.39, 0.29) is 11.3 Å². The number of carbonyl (C=O) groups is 1. The Kier molecular flexibility index (Phi) is 4.31. The highest BCUT2D eigenvalue weighted by molar-refractivity contribution is 14.1. The Labute approximate surface area is 120 Å². The van der Waals surface area contributed by atoms with Crippen LogP contribution in [0.2, 0.25) is 0 Å². The highest BCUT2D eigenvalue weighted by Gasteiger charge is 2.27. The molecule has 0 radical (unpaired) electrons. The third-order valence-electron chi connectivity index (χ3n) is 3.16. The minimum Gasteiger partial charge on any atom is -0.338 e. The predicted molar refractivity (Wildman–Crippen MR) is 78.5 cm³/mol. The summed E-state index contributed by atoms with van der Waals surface area (Å²) in [5.74, 6) is 0.496. The predicted octanol–water partition coefficient (Wildman–Crippen LogP) is 3.38. The molecule has 1 aliphatic rings. The van der Waals surface area contributed by atoms with Gasteiger partial charge in [-0.3, -0.25) is 4.79 Å². The molecule has 4 heteroatoms. The fourth-order valence-electron chi connectivity index (χ4n) is 2.11. The fraction of sp³-hybridized carbons (Fsp3) is 0.462. The number of hydrogen-bond acceptors (Lipinski definition) is 1. The van der Waals surface area contributed by atoms with Crippen LogP contribution in [0, 0.1) is 9.49 Å². The smallest absolute Gasteiger partial charge is 0.253 e. The van der Waals surface area contributed by atoms with Crippen molar-refractivity contribution < 1.29 is 4.79 Å². The van der Waals surface area contributed by atoms with Crippen molar-refractivity contribution in [2.75, 3.05) is 13.1 Å². The summed E-state index contributed by atoms with van der Waals surface area (Å²) in [6.07, 6.45) is 0.887. The standard InChI is InChI=1S/C13H15ClINO/c1-9-8-16(6-5-12(9)14)13(17)10-3-2-4-11(15)7-10/h2-4,7,9,12H,5-6,8H2,1H3. The maximum atomic E-state index is 12.3. The molecule has 2 atom stereocenters. The van der Waals surface area contributed by atoms with Crippen molar-refractivity contribution >= 4 is 40.1 Å². The molecule has 1 fully saturated rings. The Hall–Kier alpha value is -0.290. The van der Waals surface area contributed by atoms with Gasteiger partial charge in [-0.05, 0) is 53.1 Å². The van der Waals surface area contributed by atoms with Gasteiger partial charge >= 0.3 is 0 Å². The van der Waals surface area contributed by atoms with E-state index in [0.29, 0.717) is 5.92 Å². The fourth-order valence-corrected chi connectivity index (χ4v) is 2.83. The Balaban J connectivity index is 2.10. The number of nitrogens with zero attached hydrogens (tertiary/aromatic N) is 1. The monoisotopic (exact) mass is 363 g/mol. The zero-order valence-electron chi connectivity index (χ0n) is 9.70. The van der Waals surface area contributed by atoms with Crippen molar-refractivity contribution in [1.29, 1.82) is 0 Å². The normalized spacial score (nSPS) is 24.8. The summed E-state index contributed by atoms with van der Waals surface area (Å²) in [7, 11) is 0. The number of rotatable bonds is 1. The zero-order valence-corrected chi connectivity index (χ0v) is 12.6. The second-order valence-electron chi connectivity index (χ2n) is 4.54. The van der Waals surface area contributed by atoms with Crippen molar-refractivity contribution in [1.82, 2.24) is 4.90 Å². The molecule has 0 aromatic heterocycles. The first-order valence-corrected chi connectivity index (χ1v) is 7.28. The first-order valence-electron chi connectivity index (χ1n) is 5.77. The number of halogens is 2. The summed E-state index contributed by atoms with van der Waals surface area (Å²) in [5.41, 5.74) is 0.775. The molecule has 2 rings (SSSR count). The molecule has 1 saturated heterocycles. The van der Waals surface area contributed by atoms with Crippen LogP contribution in [0.15, 0.2) is 24.3 Å². The molecule has 2 nitrogen and oxygen atoms in total. The van der Waals surface area contributed by atoms with Crippen LogP contribution >= 0.6 is 34.2 Å². The molecule has 0 saturated carbocycles. The van der Waals surface area contributed by atoms with Gasteiger partial charge in [0.25, 0.3) is 5.91 Å². The molecule has 1 aliphatic heterocycles. The molecule has 0 aliphatic carbocycles. The Morgan fingerprint density at radius 1 is 1.53 bits per heavy atom. The van der Waals surface area contributed by atoms with Gasteiger partial charge in [0.05, 0.1) is 0 Å². The van der Waals surface area contributed by atoms with Crippen molar-refractivity contribution in [3.8, 4) is 0 Å². The van der Waals surface area contributed by atoms with E-state index in [1.165, 1.54) is 0 Å². The van der Waals surface area contributed by atoms with Crippen molar-refractivity contribution in [2.45, 2.75) is 18.7 Å².